The molecular weight excluding hydrogens is 204 g/mol. The van der Waals surface area contributed by atoms with Gasteiger partial charge in [-0.3, -0.25) is 4.79 Å². The van der Waals surface area contributed by atoms with Gasteiger partial charge in [-0.15, -0.1) is 5.11 Å². The third kappa shape index (κ3) is 2.16. The van der Waals surface area contributed by atoms with E-state index in [-0.39, 0.29) is 17.2 Å². The van der Waals surface area contributed by atoms with Crippen LogP contribution in [-0.4, -0.2) is 10.9 Å². The van der Waals surface area contributed by atoms with Crippen LogP contribution in [0.15, 0.2) is 46.0 Å². The number of azo groups is 1. The largest absolute Gasteiger partial charge is 0.510 e. The molecule has 1 aliphatic carbocycles. The van der Waals surface area contributed by atoms with Gasteiger partial charge in [-0.25, -0.2) is 0 Å². The van der Waals surface area contributed by atoms with Gasteiger partial charge >= 0.3 is 0 Å². The summed E-state index contributed by atoms with van der Waals surface area (Å²) in [6.07, 6.45) is 0.703. The van der Waals surface area contributed by atoms with E-state index in [1.54, 1.807) is 6.07 Å². The second-order valence-electron chi connectivity index (χ2n) is 3.76. The summed E-state index contributed by atoms with van der Waals surface area (Å²) in [6.45, 7) is 1.95. The molecule has 0 unspecified atom stereocenters. The fraction of sp³-hybridized carbons (Fsp3) is 0.250. The van der Waals surface area contributed by atoms with Crippen LogP contribution in [0, 0.1) is 6.92 Å². The number of hydrogen-bond donors (Lipinski definition) is 1. The molecule has 4 nitrogen and oxygen atoms in total. The summed E-state index contributed by atoms with van der Waals surface area (Å²) >= 11 is 0. The predicted molar refractivity (Wildman–Crippen MR) is 59.6 cm³/mol. The number of allylic oxidation sites excluding steroid dienone is 2. The molecule has 82 valence electrons. The first-order valence-electron chi connectivity index (χ1n) is 5.10. The molecule has 0 atom stereocenters. The molecule has 2 rings (SSSR count). The van der Waals surface area contributed by atoms with Gasteiger partial charge in [-0.1, -0.05) is 12.1 Å². The van der Waals surface area contributed by atoms with Gasteiger partial charge in [-0.05, 0) is 24.6 Å². The molecule has 0 aromatic heterocycles. The van der Waals surface area contributed by atoms with Crippen LogP contribution in [0.3, 0.4) is 0 Å². The molecular formula is C12H12N2O2. The van der Waals surface area contributed by atoms with Gasteiger partial charge in [-0.2, -0.15) is 5.11 Å². The zero-order chi connectivity index (χ0) is 11.5. The van der Waals surface area contributed by atoms with E-state index in [0.717, 1.165) is 5.56 Å². The van der Waals surface area contributed by atoms with Gasteiger partial charge < -0.3 is 5.11 Å². The minimum atomic E-state index is -0.145. The minimum absolute atomic E-state index is 0.0430. The molecule has 16 heavy (non-hydrogen) atoms. The van der Waals surface area contributed by atoms with Crippen LogP contribution >= 0.6 is 0 Å². The van der Waals surface area contributed by atoms with Crippen LogP contribution in [-0.2, 0) is 4.79 Å². The Bertz CT molecular complexity index is 490. The average molecular weight is 216 g/mol. The molecule has 0 fully saturated rings. The molecule has 0 heterocycles. The highest BCUT2D eigenvalue weighted by molar-refractivity contribution is 5.97. The summed E-state index contributed by atoms with van der Waals surface area (Å²) in [7, 11) is 0. The van der Waals surface area contributed by atoms with Crippen molar-refractivity contribution in [2.45, 2.75) is 19.8 Å². The molecule has 0 radical (unpaired) electrons. The third-order valence-electron chi connectivity index (χ3n) is 2.39. The highest BCUT2D eigenvalue weighted by Crippen LogP contribution is 2.23. The number of nitrogens with zero attached hydrogens (tertiary/aromatic N) is 2. The molecule has 0 bridgehead atoms. The quantitative estimate of drug-likeness (QED) is 0.771. The number of carbonyl (C=O) groups is 1. The SMILES string of the molecule is Cc1cccc(N=NC2=C(O)CCC2=O)c1. The van der Waals surface area contributed by atoms with E-state index in [2.05, 4.69) is 10.2 Å². The molecule has 0 spiro atoms. The highest BCUT2D eigenvalue weighted by atomic mass is 16.3. The predicted octanol–water partition coefficient (Wildman–Crippen LogP) is 3.21. The number of ketones is 1. The first-order chi connectivity index (χ1) is 7.66. The molecule has 1 aromatic carbocycles. The van der Waals surface area contributed by atoms with Crippen molar-refractivity contribution < 1.29 is 9.90 Å². The van der Waals surface area contributed by atoms with Crippen molar-refractivity contribution in [3.05, 3.63) is 41.3 Å². The highest BCUT2D eigenvalue weighted by Gasteiger charge is 2.22. The maximum Gasteiger partial charge on any atom is 0.186 e. The molecule has 0 amide bonds. The fourth-order valence-corrected chi connectivity index (χ4v) is 1.54. The van der Waals surface area contributed by atoms with Crippen molar-refractivity contribution in [2.24, 2.45) is 10.2 Å². The Balaban J connectivity index is 2.22. The van der Waals surface area contributed by atoms with Gasteiger partial charge in [0.15, 0.2) is 11.5 Å². The number of rotatable bonds is 2. The van der Waals surface area contributed by atoms with Gasteiger partial charge in [0.25, 0.3) is 0 Å². The first-order valence-corrected chi connectivity index (χ1v) is 5.10. The van der Waals surface area contributed by atoms with Crippen molar-refractivity contribution >= 4 is 11.5 Å². The Hall–Kier alpha value is -1.97. The second kappa shape index (κ2) is 4.26. The Labute approximate surface area is 93.3 Å². The Morgan fingerprint density at radius 2 is 2.06 bits per heavy atom. The number of aliphatic hydroxyl groups is 1. The number of hydrogen-bond acceptors (Lipinski definition) is 4. The van der Waals surface area contributed by atoms with Crippen LogP contribution < -0.4 is 0 Å². The maximum atomic E-state index is 11.3. The van der Waals surface area contributed by atoms with E-state index in [4.69, 9.17) is 0 Å². The van der Waals surface area contributed by atoms with Gasteiger partial charge in [0.05, 0.1) is 5.69 Å². The number of carbonyl (C=O) groups excluding carboxylic acids is 1. The second-order valence-corrected chi connectivity index (χ2v) is 3.76. The lowest BCUT2D eigenvalue weighted by molar-refractivity contribution is -0.114. The van der Waals surface area contributed by atoms with Crippen LogP contribution in [0.5, 0.6) is 0 Å². The van der Waals surface area contributed by atoms with Gasteiger partial charge in [0.2, 0.25) is 0 Å². The van der Waals surface area contributed by atoms with Gasteiger partial charge in [0.1, 0.15) is 5.76 Å². The molecule has 4 heteroatoms. The fourth-order valence-electron chi connectivity index (χ4n) is 1.54. The van der Waals surface area contributed by atoms with Crippen LogP contribution in [0.1, 0.15) is 18.4 Å². The Kier molecular flexibility index (Phi) is 2.81. The summed E-state index contributed by atoms with van der Waals surface area (Å²) in [5, 5.41) is 17.1. The van der Waals surface area contributed by atoms with Crippen LogP contribution in [0.25, 0.3) is 0 Å². The van der Waals surface area contributed by atoms with Crippen LogP contribution in [0.2, 0.25) is 0 Å². The monoisotopic (exact) mass is 216 g/mol. The summed E-state index contributed by atoms with van der Waals surface area (Å²) < 4.78 is 0. The van der Waals surface area contributed by atoms with Gasteiger partial charge in [0, 0.05) is 12.8 Å². The molecule has 0 saturated carbocycles. The molecule has 0 aliphatic heterocycles. The van der Waals surface area contributed by atoms with Crippen molar-refractivity contribution in [1.82, 2.24) is 0 Å². The lowest BCUT2D eigenvalue weighted by atomic mass is 10.2. The zero-order valence-electron chi connectivity index (χ0n) is 8.97. The lowest BCUT2D eigenvalue weighted by Crippen LogP contribution is -1.92. The van der Waals surface area contributed by atoms with Crippen molar-refractivity contribution in [3.63, 3.8) is 0 Å². The van der Waals surface area contributed by atoms with Crippen LogP contribution in [0.4, 0.5) is 5.69 Å². The Morgan fingerprint density at radius 3 is 2.69 bits per heavy atom. The minimum Gasteiger partial charge on any atom is -0.510 e. The summed E-state index contributed by atoms with van der Waals surface area (Å²) in [5.41, 5.74) is 1.86. The summed E-state index contributed by atoms with van der Waals surface area (Å²) in [4.78, 5) is 11.3. The summed E-state index contributed by atoms with van der Waals surface area (Å²) in [5.74, 6) is -0.102. The van der Waals surface area contributed by atoms with E-state index in [9.17, 15) is 9.90 Å². The average Bonchev–Trinajstić information content (AvgIpc) is 2.56. The van der Waals surface area contributed by atoms with E-state index in [1.165, 1.54) is 0 Å². The zero-order valence-corrected chi connectivity index (χ0v) is 8.97. The van der Waals surface area contributed by atoms with E-state index in [0.29, 0.717) is 18.5 Å². The van der Waals surface area contributed by atoms with Crippen molar-refractivity contribution in [2.75, 3.05) is 0 Å². The number of Topliss-reactive ketones (excluding diaryl/α,β-unsaturated/α-hetero) is 1. The van der Waals surface area contributed by atoms with Crippen molar-refractivity contribution in [1.29, 1.82) is 0 Å². The number of aliphatic hydroxyl groups excluding tert-OH is 1. The molecule has 0 saturated heterocycles. The van der Waals surface area contributed by atoms with E-state index < -0.39 is 0 Å². The topological polar surface area (TPSA) is 62.0 Å². The smallest absolute Gasteiger partial charge is 0.186 e. The number of benzene rings is 1. The van der Waals surface area contributed by atoms with E-state index in [1.807, 2.05) is 25.1 Å². The first kappa shape index (κ1) is 10.5. The maximum absolute atomic E-state index is 11.3. The Morgan fingerprint density at radius 1 is 1.25 bits per heavy atom. The standard InChI is InChI=1S/C12H12N2O2/c1-8-3-2-4-9(7-8)13-14-12-10(15)5-6-11(12)16/h2-4,7,15H,5-6H2,1H3. The lowest BCUT2D eigenvalue weighted by Gasteiger charge is -1.95. The molecule has 1 aromatic rings. The third-order valence-corrected chi connectivity index (χ3v) is 2.39. The number of aryl methyl sites for hydroxylation is 1. The summed E-state index contributed by atoms with van der Waals surface area (Å²) in [6, 6.07) is 7.49. The van der Waals surface area contributed by atoms with E-state index >= 15 is 0 Å². The van der Waals surface area contributed by atoms with Crippen molar-refractivity contribution in [3.8, 4) is 0 Å². The normalized spacial score (nSPS) is 16.4. The molecule has 1 N–H and O–H groups in total. The molecule has 1 aliphatic rings.